The third kappa shape index (κ3) is 2.65. The normalized spacial score (nSPS) is 10.7. The molecule has 2 aromatic rings. The van der Waals surface area contributed by atoms with E-state index < -0.39 is 11.6 Å². The standard InChI is InChI=1S/C16H18F2N2/c1-10-6-11(2)8-13(7-10)20(3)14-5-4-12(9-19)15(17)16(14)18/h4-8H,9,19H2,1-3H3. The van der Waals surface area contributed by atoms with Crippen molar-refractivity contribution in [3.63, 3.8) is 0 Å². The third-order valence-electron chi connectivity index (χ3n) is 3.32. The van der Waals surface area contributed by atoms with Gasteiger partial charge in [-0.25, -0.2) is 8.78 Å². The first kappa shape index (κ1) is 14.5. The van der Waals surface area contributed by atoms with Gasteiger partial charge in [0.2, 0.25) is 0 Å². The van der Waals surface area contributed by atoms with Gasteiger partial charge in [0.05, 0.1) is 5.69 Å². The molecule has 20 heavy (non-hydrogen) atoms. The Labute approximate surface area is 117 Å². The highest BCUT2D eigenvalue weighted by molar-refractivity contribution is 5.65. The highest BCUT2D eigenvalue weighted by Crippen LogP contribution is 2.30. The number of hydrogen-bond acceptors (Lipinski definition) is 2. The number of halogens is 2. The maximum absolute atomic E-state index is 14.1. The Morgan fingerprint density at radius 3 is 2.15 bits per heavy atom. The van der Waals surface area contributed by atoms with E-state index in [4.69, 9.17) is 5.73 Å². The SMILES string of the molecule is Cc1cc(C)cc(N(C)c2ccc(CN)c(F)c2F)c1. The van der Waals surface area contributed by atoms with Crippen LogP contribution in [0.3, 0.4) is 0 Å². The Morgan fingerprint density at radius 1 is 1.00 bits per heavy atom. The summed E-state index contributed by atoms with van der Waals surface area (Å²) in [7, 11) is 1.72. The van der Waals surface area contributed by atoms with Crippen LogP contribution < -0.4 is 10.6 Å². The molecule has 0 aliphatic carbocycles. The van der Waals surface area contributed by atoms with Gasteiger partial charge >= 0.3 is 0 Å². The molecule has 0 aromatic heterocycles. The lowest BCUT2D eigenvalue weighted by Gasteiger charge is -2.22. The fourth-order valence-corrected chi connectivity index (χ4v) is 2.28. The molecule has 0 amide bonds. The van der Waals surface area contributed by atoms with Crippen LogP contribution >= 0.6 is 0 Å². The first-order valence-electron chi connectivity index (χ1n) is 6.43. The van der Waals surface area contributed by atoms with Crippen molar-refractivity contribution in [3.05, 3.63) is 58.7 Å². The summed E-state index contributed by atoms with van der Waals surface area (Å²) < 4.78 is 27.9. The van der Waals surface area contributed by atoms with E-state index in [9.17, 15) is 8.78 Å². The summed E-state index contributed by atoms with van der Waals surface area (Å²) in [6.45, 7) is 3.92. The van der Waals surface area contributed by atoms with Crippen molar-refractivity contribution in [2.45, 2.75) is 20.4 Å². The molecule has 0 aliphatic rings. The van der Waals surface area contributed by atoms with Gasteiger partial charge < -0.3 is 10.6 Å². The molecule has 4 heteroatoms. The van der Waals surface area contributed by atoms with Crippen molar-refractivity contribution in [2.24, 2.45) is 5.73 Å². The van der Waals surface area contributed by atoms with Crippen molar-refractivity contribution in [1.29, 1.82) is 0 Å². The predicted molar refractivity (Wildman–Crippen MR) is 78.2 cm³/mol. The van der Waals surface area contributed by atoms with E-state index in [0.29, 0.717) is 0 Å². The minimum Gasteiger partial charge on any atom is -0.342 e. The van der Waals surface area contributed by atoms with Gasteiger partial charge in [0.15, 0.2) is 11.6 Å². The maximum atomic E-state index is 14.1. The molecule has 2 rings (SSSR count). The summed E-state index contributed by atoms with van der Waals surface area (Å²) in [4.78, 5) is 1.64. The van der Waals surface area contributed by atoms with Crippen molar-refractivity contribution >= 4 is 11.4 Å². The summed E-state index contributed by atoms with van der Waals surface area (Å²) in [6, 6.07) is 8.97. The van der Waals surface area contributed by atoms with Gasteiger partial charge in [0.25, 0.3) is 0 Å². The molecule has 0 atom stereocenters. The van der Waals surface area contributed by atoms with Gasteiger partial charge in [0.1, 0.15) is 0 Å². The number of aryl methyl sites for hydroxylation is 2. The van der Waals surface area contributed by atoms with E-state index in [-0.39, 0.29) is 17.8 Å². The van der Waals surface area contributed by atoms with E-state index in [1.165, 1.54) is 6.07 Å². The Kier molecular flexibility index (Phi) is 4.04. The van der Waals surface area contributed by atoms with Gasteiger partial charge in [-0.2, -0.15) is 0 Å². The molecule has 0 saturated heterocycles. The van der Waals surface area contributed by atoms with Gasteiger partial charge in [-0.3, -0.25) is 0 Å². The molecular weight excluding hydrogens is 258 g/mol. The molecule has 0 bridgehead atoms. The molecule has 0 heterocycles. The van der Waals surface area contributed by atoms with Crippen LogP contribution in [0, 0.1) is 25.5 Å². The first-order valence-corrected chi connectivity index (χ1v) is 6.43. The van der Waals surface area contributed by atoms with Crippen LogP contribution in [0.25, 0.3) is 0 Å². The lowest BCUT2D eigenvalue weighted by Crippen LogP contribution is -2.14. The Morgan fingerprint density at radius 2 is 1.60 bits per heavy atom. The average Bonchev–Trinajstić information content (AvgIpc) is 2.40. The van der Waals surface area contributed by atoms with Crippen LogP contribution in [0.4, 0.5) is 20.2 Å². The van der Waals surface area contributed by atoms with E-state index in [2.05, 4.69) is 0 Å². The zero-order chi connectivity index (χ0) is 14.9. The van der Waals surface area contributed by atoms with E-state index in [1.807, 2.05) is 32.0 Å². The lowest BCUT2D eigenvalue weighted by molar-refractivity contribution is 0.500. The Hall–Kier alpha value is -1.94. The number of nitrogens with two attached hydrogens (primary N) is 1. The summed E-state index contributed by atoms with van der Waals surface area (Å²) in [6.07, 6.45) is 0. The molecule has 0 unspecified atom stereocenters. The third-order valence-corrected chi connectivity index (χ3v) is 3.32. The summed E-state index contributed by atoms with van der Waals surface area (Å²) in [5.41, 5.74) is 8.73. The van der Waals surface area contributed by atoms with Crippen LogP contribution in [-0.4, -0.2) is 7.05 Å². The fraction of sp³-hybridized carbons (Fsp3) is 0.250. The smallest absolute Gasteiger partial charge is 0.182 e. The zero-order valence-corrected chi connectivity index (χ0v) is 11.9. The molecule has 2 nitrogen and oxygen atoms in total. The van der Waals surface area contributed by atoms with Gasteiger partial charge in [-0.15, -0.1) is 0 Å². The average molecular weight is 276 g/mol. The lowest BCUT2D eigenvalue weighted by atomic mass is 10.1. The quantitative estimate of drug-likeness (QED) is 0.923. The number of nitrogens with zero attached hydrogens (tertiary/aromatic N) is 1. The van der Waals surface area contributed by atoms with E-state index >= 15 is 0 Å². The molecule has 0 fully saturated rings. The van der Waals surface area contributed by atoms with Crippen molar-refractivity contribution in [1.82, 2.24) is 0 Å². The molecule has 106 valence electrons. The molecule has 0 aliphatic heterocycles. The monoisotopic (exact) mass is 276 g/mol. The highest BCUT2D eigenvalue weighted by atomic mass is 19.2. The first-order chi connectivity index (χ1) is 9.43. The molecule has 0 radical (unpaired) electrons. The van der Waals surface area contributed by atoms with Crippen LogP contribution in [0.15, 0.2) is 30.3 Å². The van der Waals surface area contributed by atoms with Crippen LogP contribution in [-0.2, 0) is 6.54 Å². The van der Waals surface area contributed by atoms with Gasteiger partial charge in [-0.1, -0.05) is 12.1 Å². The van der Waals surface area contributed by atoms with Crippen molar-refractivity contribution in [2.75, 3.05) is 11.9 Å². The van der Waals surface area contributed by atoms with Crippen LogP contribution in [0.1, 0.15) is 16.7 Å². The van der Waals surface area contributed by atoms with Gasteiger partial charge in [0, 0.05) is 24.8 Å². The fourth-order valence-electron chi connectivity index (χ4n) is 2.28. The molecule has 0 saturated carbocycles. The number of anilines is 2. The predicted octanol–water partition coefficient (Wildman–Crippen LogP) is 3.81. The summed E-state index contributed by atoms with van der Waals surface area (Å²) >= 11 is 0. The summed E-state index contributed by atoms with van der Waals surface area (Å²) in [5, 5.41) is 0. The second kappa shape index (κ2) is 5.59. The van der Waals surface area contributed by atoms with E-state index in [1.54, 1.807) is 18.0 Å². The second-order valence-electron chi connectivity index (χ2n) is 4.98. The number of hydrogen-bond donors (Lipinski definition) is 1. The minimum absolute atomic E-state index is 0.0176. The molecule has 0 spiro atoms. The number of benzene rings is 2. The van der Waals surface area contributed by atoms with Crippen molar-refractivity contribution < 1.29 is 8.78 Å². The number of rotatable bonds is 3. The highest BCUT2D eigenvalue weighted by Gasteiger charge is 2.16. The van der Waals surface area contributed by atoms with Crippen molar-refractivity contribution in [3.8, 4) is 0 Å². The van der Waals surface area contributed by atoms with Crippen LogP contribution in [0.5, 0.6) is 0 Å². The summed E-state index contributed by atoms with van der Waals surface area (Å²) in [5.74, 6) is -1.74. The topological polar surface area (TPSA) is 29.3 Å². The van der Waals surface area contributed by atoms with Crippen LogP contribution in [0.2, 0.25) is 0 Å². The molecular formula is C16H18F2N2. The largest absolute Gasteiger partial charge is 0.342 e. The zero-order valence-electron chi connectivity index (χ0n) is 11.9. The van der Waals surface area contributed by atoms with E-state index in [0.717, 1.165) is 16.8 Å². The molecule has 2 aromatic carbocycles. The Bertz CT molecular complexity index is 618. The second-order valence-corrected chi connectivity index (χ2v) is 4.98. The minimum atomic E-state index is -0.874. The Balaban J connectivity index is 2.48. The van der Waals surface area contributed by atoms with Gasteiger partial charge in [-0.05, 0) is 43.2 Å². The molecule has 2 N–H and O–H groups in total. The maximum Gasteiger partial charge on any atom is 0.182 e.